The SMILES string of the molecule is OCc1cnn(Cc2ccccc2)c1-c1ccccc1. The summed E-state index contributed by atoms with van der Waals surface area (Å²) in [5.41, 5.74) is 4.10. The number of aliphatic hydroxyl groups excluding tert-OH is 1. The van der Waals surface area contributed by atoms with Crippen LogP contribution in [0.1, 0.15) is 11.1 Å². The molecule has 0 radical (unpaired) electrons. The molecule has 3 aromatic rings. The Morgan fingerprint density at radius 2 is 1.55 bits per heavy atom. The topological polar surface area (TPSA) is 38.1 Å². The predicted molar refractivity (Wildman–Crippen MR) is 79.1 cm³/mol. The second-order valence-electron chi connectivity index (χ2n) is 4.69. The highest BCUT2D eigenvalue weighted by Crippen LogP contribution is 2.24. The van der Waals surface area contributed by atoms with Crippen LogP contribution in [0.4, 0.5) is 0 Å². The third-order valence-corrected chi connectivity index (χ3v) is 3.31. The van der Waals surface area contributed by atoms with E-state index in [0.717, 1.165) is 16.8 Å². The summed E-state index contributed by atoms with van der Waals surface area (Å²) < 4.78 is 1.94. The fraction of sp³-hybridized carbons (Fsp3) is 0.118. The van der Waals surface area contributed by atoms with Gasteiger partial charge in [0.2, 0.25) is 0 Å². The van der Waals surface area contributed by atoms with Gasteiger partial charge in [-0.1, -0.05) is 60.7 Å². The maximum atomic E-state index is 9.51. The molecule has 1 heterocycles. The second kappa shape index (κ2) is 5.72. The van der Waals surface area contributed by atoms with Crippen molar-refractivity contribution in [2.24, 2.45) is 0 Å². The molecule has 3 heteroatoms. The van der Waals surface area contributed by atoms with Crippen molar-refractivity contribution in [1.82, 2.24) is 9.78 Å². The van der Waals surface area contributed by atoms with Crippen LogP contribution in [0.5, 0.6) is 0 Å². The summed E-state index contributed by atoms with van der Waals surface area (Å²) in [6.07, 6.45) is 1.74. The van der Waals surface area contributed by atoms with Crippen molar-refractivity contribution in [2.75, 3.05) is 0 Å². The first-order valence-corrected chi connectivity index (χ1v) is 6.63. The van der Waals surface area contributed by atoms with Crippen LogP contribution >= 0.6 is 0 Å². The summed E-state index contributed by atoms with van der Waals surface area (Å²) in [5, 5.41) is 13.9. The molecule has 0 bridgehead atoms. The van der Waals surface area contributed by atoms with E-state index in [4.69, 9.17) is 0 Å². The molecule has 0 unspecified atom stereocenters. The lowest BCUT2D eigenvalue weighted by atomic mass is 10.1. The number of benzene rings is 2. The van der Waals surface area contributed by atoms with E-state index in [-0.39, 0.29) is 6.61 Å². The normalized spacial score (nSPS) is 10.7. The molecule has 0 amide bonds. The Kier molecular flexibility index (Phi) is 3.61. The minimum atomic E-state index is -0.000975. The van der Waals surface area contributed by atoms with Gasteiger partial charge < -0.3 is 5.11 Å². The van der Waals surface area contributed by atoms with Gasteiger partial charge in [-0.3, -0.25) is 4.68 Å². The molecule has 0 saturated heterocycles. The Bertz CT molecular complexity index is 675. The fourth-order valence-electron chi connectivity index (χ4n) is 2.35. The Hall–Kier alpha value is -2.39. The highest BCUT2D eigenvalue weighted by Gasteiger charge is 2.12. The molecule has 0 aliphatic carbocycles. The molecule has 100 valence electrons. The Balaban J connectivity index is 2.02. The van der Waals surface area contributed by atoms with E-state index < -0.39 is 0 Å². The van der Waals surface area contributed by atoms with Crippen molar-refractivity contribution in [1.29, 1.82) is 0 Å². The van der Waals surface area contributed by atoms with Crippen molar-refractivity contribution >= 4 is 0 Å². The average Bonchev–Trinajstić information content (AvgIpc) is 2.92. The molecule has 20 heavy (non-hydrogen) atoms. The van der Waals surface area contributed by atoms with E-state index in [1.807, 2.05) is 53.2 Å². The van der Waals surface area contributed by atoms with Crippen LogP contribution in [0.15, 0.2) is 66.9 Å². The van der Waals surface area contributed by atoms with Crippen LogP contribution < -0.4 is 0 Å². The molecule has 3 rings (SSSR count). The fourth-order valence-corrected chi connectivity index (χ4v) is 2.35. The molecule has 1 N–H and O–H groups in total. The minimum absolute atomic E-state index is 0.000975. The van der Waals surface area contributed by atoms with E-state index >= 15 is 0 Å². The maximum absolute atomic E-state index is 9.51. The zero-order chi connectivity index (χ0) is 13.8. The lowest BCUT2D eigenvalue weighted by Crippen LogP contribution is -2.04. The maximum Gasteiger partial charge on any atom is 0.0741 e. The molecule has 0 atom stereocenters. The van der Waals surface area contributed by atoms with Crippen molar-refractivity contribution in [2.45, 2.75) is 13.2 Å². The molecule has 3 nitrogen and oxygen atoms in total. The molecule has 0 aliphatic rings. The van der Waals surface area contributed by atoms with Crippen LogP contribution in [0.3, 0.4) is 0 Å². The standard InChI is InChI=1S/C17H16N2O/c20-13-16-11-18-19(12-14-7-3-1-4-8-14)17(16)15-9-5-2-6-10-15/h1-11,20H,12-13H2. The quantitative estimate of drug-likeness (QED) is 0.786. The van der Waals surface area contributed by atoms with E-state index in [9.17, 15) is 5.11 Å². The first-order chi connectivity index (χ1) is 9.88. The van der Waals surface area contributed by atoms with Gasteiger partial charge in [0, 0.05) is 11.1 Å². The van der Waals surface area contributed by atoms with E-state index in [0.29, 0.717) is 6.54 Å². The van der Waals surface area contributed by atoms with E-state index in [1.165, 1.54) is 5.56 Å². The summed E-state index contributed by atoms with van der Waals surface area (Å²) in [5.74, 6) is 0. The largest absolute Gasteiger partial charge is 0.392 e. The molecule has 0 spiro atoms. The van der Waals surface area contributed by atoms with Crippen LogP contribution in [0, 0.1) is 0 Å². The number of rotatable bonds is 4. The molecule has 0 fully saturated rings. The summed E-state index contributed by atoms with van der Waals surface area (Å²) >= 11 is 0. The predicted octanol–water partition coefficient (Wildman–Crippen LogP) is 3.09. The first kappa shape index (κ1) is 12.6. The number of hydrogen-bond donors (Lipinski definition) is 1. The van der Waals surface area contributed by atoms with Crippen molar-refractivity contribution < 1.29 is 5.11 Å². The zero-order valence-electron chi connectivity index (χ0n) is 11.1. The molecule has 2 aromatic carbocycles. The monoisotopic (exact) mass is 264 g/mol. The van der Waals surface area contributed by atoms with Crippen LogP contribution in [-0.4, -0.2) is 14.9 Å². The number of nitrogens with zero attached hydrogens (tertiary/aromatic N) is 2. The van der Waals surface area contributed by atoms with E-state index in [1.54, 1.807) is 6.20 Å². The summed E-state index contributed by atoms with van der Waals surface area (Å²) in [4.78, 5) is 0. The highest BCUT2D eigenvalue weighted by molar-refractivity contribution is 5.63. The Morgan fingerprint density at radius 1 is 0.900 bits per heavy atom. The first-order valence-electron chi connectivity index (χ1n) is 6.63. The van der Waals surface area contributed by atoms with Crippen molar-refractivity contribution in [3.05, 3.63) is 78.0 Å². The third kappa shape index (κ3) is 2.49. The van der Waals surface area contributed by atoms with E-state index in [2.05, 4.69) is 17.2 Å². The number of aliphatic hydroxyl groups is 1. The van der Waals surface area contributed by atoms with Gasteiger partial charge >= 0.3 is 0 Å². The van der Waals surface area contributed by atoms with Crippen LogP contribution in [-0.2, 0) is 13.2 Å². The minimum Gasteiger partial charge on any atom is -0.392 e. The van der Waals surface area contributed by atoms with Crippen LogP contribution in [0.25, 0.3) is 11.3 Å². The summed E-state index contributed by atoms with van der Waals surface area (Å²) in [7, 11) is 0. The molecular formula is C17H16N2O. The van der Waals surface area contributed by atoms with Gasteiger partial charge in [0.15, 0.2) is 0 Å². The molecule has 0 aliphatic heterocycles. The molecule has 0 saturated carbocycles. The Morgan fingerprint density at radius 3 is 2.20 bits per heavy atom. The second-order valence-corrected chi connectivity index (χ2v) is 4.69. The third-order valence-electron chi connectivity index (χ3n) is 3.31. The lowest BCUT2D eigenvalue weighted by molar-refractivity contribution is 0.282. The van der Waals surface area contributed by atoms with Gasteiger partial charge in [0.1, 0.15) is 0 Å². The van der Waals surface area contributed by atoms with Gasteiger partial charge in [0.05, 0.1) is 25.0 Å². The van der Waals surface area contributed by atoms with Crippen LogP contribution in [0.2, 0.25) is 0 Å². The van der Waals surface area contributed by atoms with Gasteiger partial charge in [-0.15, -0.1) is 0 Å². The smallest absolute Gasteiger partial charge is 0.0741 e. The molecular weight excluding hydrogens is 248 g/mol. The zero-order valence-corrected chi connectivity index (χ0v) is 11.1. The van der Waals surface area contributed by atoms with Gasteiger partial charge in [0.25, 0.3) is 0 Å². The van der Waals surface area contributed by atoms with Gasteiger partial charge in [-0.25, -0.2) is 0 Å². The lowest BCUT2D eigenvalue weighted by Gasteiger charge is -2.09. The van der Waals surface area contributed by atoms with Crippen molar-refractivity contribution in [3.8, 4) is 11.3 Å². The molecule has 1 aromatic heterocycles. The van der Waals surface area contributed by atoms with Gasteiger partial charge in [-0.05, 0) is 5.56 Å². The number of hydrogen-bond acceptors (Lipinski definition) is 2. The Labute approximate surface area is 118 Å². The average molecular weight is 264 g/mol. The van der Waals surface area contributed by atoms with Crippen molar-refractivity contribution in [3.63, 3.8) is 0 Å². The highest BCUT2D eigenvalue weighted by atomic mass is 16.3. The number of aromatic nitrogens is 2. The summed E-state index contributed by atoms with van der Waals surface area (Å²) in [6, 6.07) is 20.3. The summed E-state index contributed by atoms with van der Waals surface area (Å²) in [6.45, 7) is 0.698. The van der Waals surface area contributed by atoms with Gasteiger partial charge in [-0.2, -0.15) is 5.10 Å².